The number of carbonyl (C=O) groups is 1. The minimum atomic E-state index is -3.88. The van der Waals surface area contributed by atoms with Gasteiger partial charge >= 0.3 is 0 Å². The Morgan fingerprint density at radius 2 is 2.10 bits per heavy atom. The molecule has 9 heteroatoms. The zero-order valence-electron chi connectivity index (χ0n) is 10.8. The van der Waals surface area contributed by atoms with Gasteiger partial charge in [0.25, 0.3) is 0 Å². The number of amides is 1. The Balaban J connectivity index is 2.61. The number of nitrogens with two attached hydrogens (primary N) is 1. The van der Waals surface area contributed by atoms with Crippen LogP contribution in [0.1, 0.15) is 0 Å². The van der Waals surface area contributed by atoms with Crippen molar-refractivity contribution in [1.82, 2.24) is 0 Å². The third-order valence-corrected chi connectivity index (χ3v) is 3.58. The molecular formula is C11H15ClN2O5S. The van der Waals surface area contributed by atoms with E-state index in [0.29, 0.717) is 18.9 Å². The molecule has 112 valence electrons. The number of methoxy groups -OCH3 is 1. The number of benzene rings is 1. The monoisotopic (exact) mass is 322 g/mol. The van der Waals surface area contributed by atoms with Gasteiger partial charge in [-0.15, -0.1) is 0 Å². The van der Waals surface area contributed by atoms with E-state index < -0.39 is 10.0 Å². The number of hydrogen-bond acceptors (Lipinski definition) is 5. The maximum atomic E-state index is 11.5. The molecule has 0 aromatic heterocycles. The molecule has 1 aromatic rings. The second kappa shape index (κ2) is 7.55. The van der Waals surface area contributed by atoms with Crippen LogP contribution in [0.15, 0.2) is 23.1 Å². The fourth-order valence-corrected chi connectivity index (χ4v) is 2.41. The van der Waals surface area contributed by atoms with Gasteiger partial charge in [0, 0.05) is 12.8 Å². The number of anilines is 1. The van der Waals surface area contributed by atoms with E-state index in [2.05, 4.69) is 5.32 Å². The average Bonchev–Trinajstić information content (AvgIpc) is 2.33. The summed E-state index contributed by atoms with van der Waals surface area (Å²) in [7, 11) is -2.36. The number of sulfonamides is 1. The highest BCUT2D eigenvalue weighted by Crippen LogP contribution is 2.23. The largest absolute Gasteiger partial charge is 0.382 e. The summed E-state index contributed by atoms with van der Waals surface area (Å²) in [6, 6.07) is 3.91. The quantitative estimate of drug-likeness (QED) is 0.714. The molecule has 1 aromatic carbocycles. The van der Waals surface area contributed by atoms with E-state index in [9.17, 15) is 13.2 Å². The van der Waals surface area contributed by atoms with Crippen LogP contribution < -0.4 is 10.5 Å². The smallest absolute Gasteiger partial charge is 0.250 e. The van der Waals surface area contributed by atoms with Gasteiger partial charge in [0.05, 0.1) is 18.2 Å². The SMILES string of the molecule is COCCOCC(=O)Nc1ccc(S(N)(=O)=O)c(Cl)c1. The van der Waals surface area contributed by atoms with Crippen molar-refractivity contribution in [2.24, 2.45) is 5.14 Å². The molecule has 0 unspecified atom stereocenters. The van der Waals surface area contributed by atoms with Crippen LogP contribution in [0.4, 0.5) is 5.69 Å². The molecule has 0 atom stereocenters. The Kier molecular flexibility index (Phi) is 6.37. The maximum absolute atomic E-state index is 11.5. The minimum Gasteiger partial charge on any atom is -0.382 e. The molecule has 0 bridgehead atoms. The number of hydrogen-bond donors (Lipinski definition) is 2. The molecule has 20 heavy (non-hydrogen) atoms. The van der Waals surface area contributed by atoms with Crippen molar-refractivity contribution in [3.63, 3.8) is 0 Å². The fourth-order valence-electron chi connectivity index (χ4n) is 1.31. The molecular weight excluding hydrogens is 308 g/mol. The second-order valence-electron chi connectivity index (χ2n) is 3.78. The summed E-state index contributed by atoms with van der Waals surface area (Å²) < 4.78 is 32.1. The Morgan fingerprint density at radius 3 is 2.65 bits per heavy atom. The standard InChI is InChI=1S/C11H15ClN2O5S/c1-18-4-5-19-7-11(15)14-8-2-3-10(9(12)6-8)20(13,16)17/h2-3,6H,4-5,7H2,1H3,(H,14,15)(H2,13,16,17). The molecule has 0 aliphatic rings. The van der Waals surface area contributed by atoms with E-state index in [1.807, 2.05) is 0 Å². The molecule has 0 saturated heterocycles. The Morgan fingerprint density at radius 1 is 1.40 bits per heavy atom. The third kappa shape index (κ3) is 5.43. The molecule has 0 fully saturated rings. The van der Waals surface area contributed by atoms with E-state index >= 15 is 0 Å². The molecule has 0 aliphatic heterocycles. The highest BCUT2D eigenvalue weighted by Gasteiger charge is 2.13. The summed E-state index contributed by atoms with van der Waals surface area (Å²) in [4.78, 5) is 11.3. The van der Waals surface area contributed by atoms with Gasteiger partial charge in [0.2, 0.25) is 15.9 Å². The van der Waals surface area contributed by atoms with E-state index in [1.165, 1.54) is 25.3 Å². The van der Waals surface area contributed by atoms with Crippen LogP contribution in [0.3, 0.4) is 0 Å². The van der Waals surface area contributed by atoms with Gasteiger partial charge in [-0.05, 0) is 18.2 Å². The minimum absolute atomic E-state index is 0.0643. The van der Waals surface area contributed by atoms with Gasteiger partial charge in [-0.3, -0.25) is 4.79 Å². The lowest BCUT2D eigenvalue weighted by molar-refractivity contribution is -0.121. The molecule has 1 amide bonds. The summed E-state index contributed by atoms with van der Waals surface area (Å²) in [5, 5.41) is 7.42. The lowest BCUT2D eigenvalue weighted by Crippen LogP contribution is -2.20. The van der Waals surface area contributed by atoms with Crippen molar-refractivity contribution in [3.05, 3.63) is 23.2 Å². The van der Waals surface area contributed by atoms with Crippen molar-refractivity contribution in [3.8, 4) is 0 Å². The van der Waals surface area contributed by atoms with Crippen LogP contribution >= 0.6 is 11.6 Å². The summed E-state index contributed by atoms with van der Waals surface area (Å²) in [5.41, 5.74) is 0.350. The van der Waals surface area contributed by atoms with Gasteiger partial charge in [0.1, 0.15) is 11.5 Å². The summed E-state index contributed by atoms with van der Waals surface area (Å²) in [6.45, 7) is 0.551. The first-order chi connectivity index (χ1) is 9.34. The Bertz CT molecular complexity index is 576. The highest BCUT2D eigenvalue weighted by molar-refractivity contribution is 7.89. The molecule has 0 aliphatic carbocycles. The number of nitrogens with one attached hydrogen (secondary N) is 1. The summed E-state index contributed by atoms with van der Waals surface area (Å²) in [5.74, 6) is -0.388. The normalized spacial score (nSPS) is 11.3. The highest BCUT2D eigenvalue weighted by atomic mass is 35.5. The fraction of sp³-hybridized carbons (Fsp3) is 0.364. The van der Waals surface area contributed by atoms with Crippen molar-refractivity contribution < 1.29 is 22.7 Å². The number of carbonyl (C=O) groups excluding carboxylic acids is 1. The zero-order valence-corrected chi connectivity index (χ0v) is 12.3. The van der Waals surface area contributed by atoms with Gasteiger partial charge in [0.15, 0.2) is 0 Å². The number of primary sulfonamides is 1. The van der Waals surface area contributed by atoms with Gasteiger partial charge in [-0.2, -0.15) is 0 Å². The van der Waals surface area contributed by atoms with Crippen LogP contribution in [-0.4, -0.2) is 41.3 Å². The first-order valence-corrected chi connectivity index (χ1v) is 7.46. The molecule has 7 nitrogen and oxygen atoms in total. The lowest BCUT2D eigenvalue weighted by atomic mass is 10.3. The molecule has 3 N–H and O–H groups in total. The van der Waals surface area contributed by atoms with Gasteiger partial charge in [-0.1, -0.05) is 11.6 Å². The van der Waals surface area contributed by atoms with Crippen LogP contribution in [0.25, 0.3) is 0 Å². The van der Waals surface area contributed by atoms with Gasteiger partial charge < -0.3 is 14.8 Å². The van der Waals surface area contributed by atoms with E-state index in [0.717, 1.165) is 0 Å². The Hall–Kier alpha value is -1.19. The molecule has 0 saturated carbocycles. The van der Waals surface area contributed by atoms with E-state index in [-0.39, 0.29) is 22.4 Å². The zero-order chi connectivity index (χ0) is 15.2. The van der Waals surface area contributed by atoms with Crippen molar-refractivity contribution in [2.45, 2.75) is 4.90 Å². The average molecular weight is 323 g/mol. The topological polar surface area (TPSA) is 108 Å². The van der Waals surface area contributed by atoms with Crippen LogP contribution in [0.5, 0.6) is 0 Å². The number of ether oxygens (including phenoxy) is 2. The predicted molar refractivity (Wildman–Crippen MR) is 74.1 cm³/mol. The number of halogens is 1. The van der Waals surface area contributed by atoms with Crippen LogP contribution in [0.2, 0.25) is 5.02 Å². The van der Waals surface area contributed by atoms with Gasteiger partial charge in [-0.25, -0.2) is 13.6 Å². The molecule has 0 heterocycles. The molecule has 1 rings (SSSR count). The molecule has 0 spiro atoms. The van der Waals surface area contributed by atoms with Crippen molar-refractivity contribution in [2.75, 3.05) is 32.2 Å². The van der Waals surface area contributed by atoms with Crippen molar-refractivity contribution in [1.29, 1.82) is 0 Å². The van der Waals surface area contributed by atoms with E-state index in [4.69, 9.17) is 26.2 Å². The second-order valence-corrected chi connectivity index (χ2v) is 5.72. The summed E-state index contributed by atoms with van der Waals surface area (Å²) >= 11 is 5.78. The summed E-state index contributed by atoms with van der Waals surface area (Å²) in [6.07, 6.45) is 0. The molecule has 0 radical (unpaired) electrons. The lowest BCUT2D eigenvalue weighted by Gasteiger charge is -2.08. The van der Waals surface area contributed by atoms with Crippen molar-refractivity contribution >= 4 is 33.2 Å². The van der Waals surface area contributed by atoms with Crippen LogP contribution in [0, 0.1) is 0 Å². The Labute approximate surface area is 122 Å². The predicted octanol–water partition coefficient (Wildman–Crippen LogP) is 0.589. The third-order valence-electron chi connectivity index (χ3n) is 2.19. The van der Waals surface area contributed by atoms with Crippen LogP contribution in [-0.2, 0) is 24.3 Å². The number of rotatable bonds is 7. The maximum Gasteiger partial charge on any atom is 0.250 e. The first kappa shape index (κ1) is 16.9. The first-order valence-electron chi connectivity index (χ1n) is 5.53. The van der Waals surface area contributed by atoms with E-state index in [1.54, 1.807) is 0 Å².